The fourth-order valence-electron chi connectivity index (χ4n) is 3.43. The third-order valence-corrected chi connectivity index (χ3v) is 7.87. The van der Waals surface area contributed by atoms with Crippen LogP contribution >= 0.6 is 34.4 Å². The van der Waals surface area contributed by atoms with Gasteiger partial charge in [-0.15, -0.1) is 34.4 Å². The predicted octanol–water partition coefficient (Wildman–Crippen LogP) is 5.45. The minimum Gasteiger partial charge on any atom is -0.466 e. The van der Waals surface area contributed by atoms with E-state index in [4.69, 9.17) is 4.74 Å². The van der Waals surface area contributed by atoms with Crippen LogP contribution in [0.25, 0.3) is 6.08 Å². The number of nitrogens with one attached hydrogen (secondary N) is 3. The molecule has 0 spiro atoms. The molecule has 0 aliphatic heterocycles. The van der Waals surface area contributed by atoms with E-state index in [1.54, 1.807) is 60.8 Å². The first-order valence-electron chi connectivity index (χ1n) is 12.5. The topological polar surface area (TPSA) is 126 Å². The van der Waals surface area contributed by atoms with E-state index in [1.165, 1.54) is 34.4 Å². The molecule has 2 aromatic carbocycles. The number of ether oxygens (including phenoxy) is 1. The number of amides is 3. The summed E-state index contributed by atoms with van der Waals surface area (Å²) in [5.74, 6) is -1.39. The third-order valence-electron chi connectivity index (χ3n) is 5.25. The van der Waals surface area contributed by atoms with Crippen molar-refractivity contribution in [2.24, 2.45) is 0 Å². The maximum Gasteiger partial charge on any atom is 0.311 e. The van der Waals surface area contributed by atoms with Gasteiger partial charge >= 0.3 is 5.97 Å². The lowest BCUT2D eigenvalue weighted by molar-refractivity contribution is -0.142. The lowest BCUT2D eigenvalue weighted by Crippen LogP contribution is -2.30. The van der Waals surface area contributed by atoms with Gasteiger partial charge in [-0.3, -0.25) is 19.2 Å². The molecule has 0 aliphatic carbocycles. The highest BCUT2D eigenvalue weighted by molar-refractivity contribution is 8.00. The van der Waals surface area contributed by atoms with Crippen LogP contribution in [-0.2, 0) is 25.5 Å². The molecule has 9 nitrogen and oxygen atoms in total. The Morgan fingerprint density at radius 2 is 1.80 bits per heavy atom. The zero-order valence-electron chi connectivity index (χ0n) is 21.9. The van der Waals surface area contributed by atoms with Gasteiger partial charge in [-0.05, 0) is 54.8 Å². The number of thiazole rings is 1. The normalized spacial score (nSPS) is 11.0. The molecular weight excluding hydrogens is 581 g/mol. The number of benzene rings is 2. The smallest absolute Gasteiger partial charge is 0.311 e. The second-order valence-corrected chi connectivity index (χ2v) is 11.2. The molecule has 0 aliphatic rings. The SMILES string of the molecule is CCOC(=O)Cc1csc(NC(=O)CSc2cccc(NC(=O)/C(=C/c3cccs3)NC(=O)c3ccccc3)c2)n1. The lowest BCUT2D eigenvalue weighted by Gasteiger charge is -2.12. The summed E-state index contributed by atoms with van der Waals surface area (Å²) >= 11 is 3.97. The first-order valence-corrected chi connectivity index (χ1v) is 15.2. The third kappa shape index (κ3) is 9.41. The van der Waals surface area contributed by atoms with E-state index < -0.39 is 11.8 Å². The molecule has 12 heteroatoms. The zero-order chi connectivity index (χ0) is 29.0. The highest BCUT2D eigenvalue weighted by Gasteiger charge is 2.16. The van der Waals surface area contributed by atoms with Crippen LogP contribution in [0.2, 0.25) is 0 Å². The van der Waals surface area contributed by atoms with Gasteiger partial charge in [0.1, 0.15) is 5.70 Å². The standard InChI is InChI=1S/C29H26N4O5S3/c1-2-38-26(35)15-21-17-41-29(31-21)33-25(34)18-40-22-11-6-10-20(14-22)30-28(37)24(16-23-12-7-13-39-23)32-27(36)19-8-4-3-5-9-19/h3-14,16-17H,2,15,18H2,1H3,(H,30,37)(H,32,36)(H,31,33,34)/b24-16-. The Hall–Kier alpha value is -4.26. The van der Waals surface area contributed by atoms with Crippen LogP contribution in [0.1, 0.15) is 27.9 Å². The van der Waals surface area contributed by atoms with Gasteiger partial charge in [0.25, 0.3) is 11.8 Å². The number of anilines is 2. The number of aromatic nitrogens is 1. The molecule has 0 radical (unpaired) electrons. The Morgan fingerprint density at radius 1 is 0.976 bits per heavy atom. The van der Waals surface area contributed by atoms with Crippen molar-refractivity contribution in [3.8, 4) is 0 Å². The number of thiophene rings is 1. The summed E-state index contributed by atoms with van der Waals surface area (Å²) in [6, 6.07) is 19.4. The van der Waals surface area contributed by atoms with Crippen LogP contribution in [0.5, 0.6) is 0 Å². The lowest BCUT2D eigenvalue weighted by atomic mass is 10.2. The number of carbonyl (C=O) groups is 4. The average molecular weight is 607 g/mol. The van der Waals surface area contributed by atoms with Crippen LogP contribution in [-0.4, -0.2) is 41.0 Å². The summed E-state index contributed by atoms with van der Waals surface area (Å²) in [6.07, 6.45) is 1.67. The maximum atomic E-state index is 13.2. The van der Waals surface area contributed by atoms with Crippen LogP contribution in [0.4, 0.5) is 10.8 Å². The number of esters is 1. The number of rotatable bonds is 12. The molecule has 210 valence electrons. The summed E-state index contributed by atoms with van der Waals surface area (Å²) in [7, 11) is 0. The van der Waals surface area contributed by atoms with E-state index in [0.29, 0.717) is 28.7 Å². The van der Waals surface area contributed by atoms with Gasteiger partial charge in [0.05, 0.1) is 24.5 Å². The Kier molecular flexibility index (Phi) is 10.8. The maximum absolute atomic E-state index is 13.2. The number of thioether (sulfide) groups is 1. The van der Waals surface area contributed by atoms with Crippen LogP contribution < -0.4 is 16.0 Å². The Bertz CT molecular complexity index is 1530. The molecule has 2 heterocycles. The van der Waals surface area contributed by atoms with E-state index >= 15 is 0 Å². The molecule has 0 bridgehead atoms. The van der Waals surface area contributed by atoms with Crippen LogP contribution in [0.3, 0.4) is 0 Å². The average Bonchev–Trinajstić information content (AvgIpc) is 3.64. The number of carbonyl (C=O) groups excluding carboxylic acids is 4. The molecule has 0 fully saturated rings. The zero-order valence-corrected chi connectivity index (χ0v) is 24.4. The fraction of sp³-hybridized carbons (Fsp3) is 0.138. The minimum absolute atomic E-state index is 0.0492. The molecule has 3 N–H and O–H groups in total. The second-order valence-electron chi connectivity index (χ2n) is 8.34. The Morgan fingerprint density at radius 3 is 2.56 bits per heavy atom. The fourth-order valence-corrected chi connectivity index (χ4v) is 5.57. The van der Waals surface area contributed by atoms with Gasteiger partial charge in [0.2, 0.25) is 5.91 Å². The van der Waals surface area contributed by atoms with E-state index in [0.717, 1.165) is 9.77 Å². The predicted molar refractivity (Wildman–Crippen MR) is 163 cm³/mol. The largest absolute Gasteiger partial charge is 0.466 e. The van der Waals surface area contributed by atoms with Crippen LogP contribution in [0, 0.1) is 0 Å². The molecule has 0 saturated carbocycles. The molecule has 2 aromatic heterocycles. The second kappa shape index (κ2) is 14.9. The molecule has 0 atom stereocenters. The van der Waals surface area contributed by atoms with Crippen molar-refractivity contribution in [2.75, 3.05) is 23.0 Å². The van der Waals surface area contributed by atoms with Gasteiger partial charge in [-0.2, -0.15) is 0 Å². The van der Waals surface area contributed by atoms with Gasteiger partial charge in [0.15, 0.2) is 5.13 Å². The molecule has 4 aromatic rings. The van der Waals surface area contributed by atoms with Gasteiger partial charge in [0, 0.05) is 26.4 Å². The molecule has 41 heavy (non-hydrogen) atoms. The van der Waals surface area contributed by atoms with Crippen molar-refractivity contribution in [2.45, 2.75) is 18.2 Å². The highest BCUT2D eigenvalue weighted by Crippen LogP contribution is 2.23. The summed E-state index contributed by atoms with van der Waals surface area (Å²) in [5, 5.41) is 12.3. The van der Waals surface area contributed by atoms with Crippen LogP contribution in [0.15, 0.2) is 88.1 Å². The molecule has 4 rings (SSSR count). The molecule has 0 unspecified atom stereocenters. The molecule has 0 saturated heterocycles. The number of nitrogens with zero attached hydrogens (tertiary/aromatic N) is 1. The summed E-state index contributed by atoms with van der Waals surface area (Å²) in [5.41, 5.74) is 1.58. The number of hydrogen-bond acceptors (Lipinski definition) is 9. The van der Waals surface area contributed by atoms with Gasteiger partial charge in [-0.25, -0.2) is 4.98 Å². The molecular formula is C29H26N4O5S3. The highest BCUT2D eigenvalue weighted by atomic mass is 32.2. The van der Waals surface area contributed by atoms with Gasteiger partial charge < -0.3 is 20.7 Å². The van der Waals surface area contributed by atoms with Gasteiger partial charge in [-0.1, -0.05) is 30.3 Å². The summed E-state index contributed by atoms with van der Waals surface area (Å²) < 4.78 is 4.92. The van der Waals surface area contributed by atoms with Crippen molar-refractivity contribution in [1.82, 2.24) is 10.3 Å². The van der Waals surface area contributed by atoms with E-state index in [9.17, 15) is 19.2 Å². The Balaban J connectivity index is 1.35. The minimum atomic E-state index is -0.482. The van der Waals surface area contributed by atoms with E-state index in [2.05, 4.69) is 20.9 Å². The van der Waals surface area contributed by atoms with Crippen molar-refractivity contribution >= 4 is 75.0 Å². The quantitative estimate of drug-likeness (QED) is 0.111. The van der Waals surface area contributed by atoms with Crippen molar-refractivity contribution in [3.05, 3.63) is 99.3 Å². The monoisotopic (exact) mass is 606 g/mol. The van der Waals surface area contributed by atoms with E-state index in [-0.39, 0.29) is 29.7 Å². The van der Waals surface area contributed by atoms with Crippen molar-refractivity contribution < 1.29 is 23.9 Å². The number of hydrogen-bond donors (Lipinski definition) is 3. The first-order chi connectivity index (χ1) is 19.9. The molecule has 3 amide bonds. The van der Waals surface area contributed by atoms with E-state index in [1.807, 2.05) is 29.6 Å². The first kappa shape index (κ1) is 29.7. The summed E-state index contributed by atoms with van der Waals surface area (Å²) in [6.45, 7) is 2.03. The van der Waals surface area contributed by atoms with Crippen molar-refractivity contribution in [3.63, 3.8) is 0 Å². The van der Waals surface area contributed by atoms with Crippen molar-refractivity contribution in [1.29, 1.82) is 0 Å². The Labute approximate surface area is 249 Å². The summed E-state index contributed by atoms with van der Waals surface area (Å²) in [4.78, 5) is 55.9.